The van der Waals surface area contributed by atoms with Gasteiger partial charge in [0, 0.05) is 12.8 Å². The Kier molecular flexibility index (Phi) is 5.45. The zero-order chi connectivity index (χ0) is 16.3. The highest BCUT2D eigenvalue weighted by atomic mass is 16.8. The van der Waals surface area contributed by atoms with E-state index in [0.29, 0.717) is 6.42 Å². The molecule has 6 heteroatoms. The highest BCUT2D eigenvalue weighted by molar-refractivity contribution is 5.95. The van der Waals surface area contributed by atoms with Crippen molar-refractivity contribution in [2.75, 3.05) is 14.2 Å². The van der Waals surface area contributed by atoms with Gasteiger partial charge in [-0.05, 0) is 32.6 Å². The lowest BCUT2D eigenvalue weighted by Crippen LogP contribution is -2.39. The van der Waals surface area contributed by atoms with Gasteiger partial charge >= 0.3 is 11.9 Å². The van der Waals surface area contributed by atoms with E-state index in [-0.39, 0.29) is 18.1 Å². The predicted molar refractivity (Wildman–Crippen MR) is 77.9 cm³/mol. The Labute approximate surface area is 131 Å². The summed E-state index contributed by atoms with van der Waals surface area (Å²) in [5.74, 6) is -2.90. The summed E-state index contributed by atoms with van der Waals surface area (Å²) in [7, 11) is 2.58. The van der Waals surface area contributed by atoms with Gasteiger partial charge in [0.05, 0.1) is 26.4 Å². The van der Waals surface area contributed by atoms with Crippen LogP contribution in [-0.4, -0.2) is 44.2 Å². The Morgan fingerprint density at radius 2 is 1.59 bits per heavy atom. The fraction of sp³-hybridized carbons (Fsp3) is 0.875. The molecule has 1 heterocycles. The molecule has 0 aromatic heterocycles. The largest absolute Gasteiger partial charge is 0.468 e. The van der Waals surface area contributed by atoms with Gasteiger partial charge in [-0.1, -0.05) is 6.42 Å². The summed E-state index contributed by atoms with van der Waals surface area (Å²) in [5.41, 5.74) is 0. The van der Waals surface area contributed by atoms with Crippen LogP contribution in [0.1, 0.15) is 46.0 Å². The number of rotatable bonds is 3. The first-order valence-electron chi connectivity index (χ1n) is 7.93. The quantitative estimate of drug-likeness (QED) is 0.586. The fourth-order valence-corrected chi connectivity index (χ4v) is 3.54. The molecule has 0 amide bonds. The summed E-state index contributed by atoms with van der Waals surface area (Å²) in [6.07, 6.45) is 3.94. The summed E-state index contributed by atoms with van der Waals surface area (Å²) in [4.78, 5) is 24.1. The molecule has 0 N–H and O–H groups in total. The van der Waals surface area contributed by atoms with Gasteiger partial charge in [0.2, 0.25) is 0 Å². The van der Waals surface area contributed by atoms with Crippen LogP contribution in [0.4, 0.5) is 0 Å². The molecule has 0 aromatic carbocycles. The molecular weight excluding hydrogens is 288 g/mol. The molecule has 1 aliphatic heterocycles. The average molecular weight is 314 g/mol. The molecule has 2 aliphatic rings. The molecule has 1 saturated heterocycles. The van der Waals surface area contributed by atoms with Gasteiger partial charge in [0.1, 0.15) is 0 Å². The molecule has 6 nitrogen and oxygen atoms in total. The topological polar surface area (TPSA) is 71.1 Å². The number of hydrogen-bond acceptors (Lipinski definition) is 6. The van der Waals surface area contributed by atoms with Crippen LogP contribution >= 0.6 is 0 Å². The van der Waals surface area contributed by atoms with Crippen molar-refractivity contribution in [2.45, 2.75) is 63.9 Å². The molecule has 2 fully saturated rings. The zero-order valence-electron chi connectivity index (χ0n) is 13.8. The molecule has 0 aromatic rings. The van der Waals surface area contributed by atoms with Crippen LogP contribution in [0.5, 0.6) is 0 Å². The van der Waals surface area contributed by atoms with E-state index in [1.807, 2.05) is 13.8 Å². The third kappa shape index (κ3) is 3.43. The van der Waals surface area contributed by atoms with Crippen LogP contribution in [0.15, 0.2) is 0 Å². The van der Waals surface area contributed by atoms with Crippen molar-refractivity contribution in [3.8, 4) is 0 Å². The second kappa shape index (κ2) is 6.96. The van der Waals surface area contributed by atoms with Gasteiger partial charge in [0.25, 0.3) is 0 Å². The molecule has 2 rings (SSSR count). The van der Waals surface area contributed by atoms with Crippen molar-refractivity contribution in [3.05, 3.63) is 0 Å². The maximum atomic E-state index is 12.1. The number of methoxy groups -OCH3 is 2. The molecule has 1 spiro atoms. The van der Waals surface area contributed by atoms with E-state index in [2.05, 4.69) is 0 Å². The zero-order valence-corrected chi connectivity index (χ0v) is 13.8. The third-order valence-electron chi connectivity index (χ3n) is 4.80. The second-order valence-electron chi connectivity index (χ2n) is 6.29. The standard InChI is InChI=1S/C16H26O6/c1-10-11(2)22-16(21-10)8-6-5-7-12(9-16)13(14(17)19-3)15(18)20-4/h10-13H,5-9H2,1-4H3/t10-,11-,12-/m1/s1. The van der Waals surface area contributed by atoms with Crippen LogP contribution < -0.4 is 0 Å². The molecule has 126 valence electrons. The monoisotopic (exact) mass is 314 g/mol. The first-order valence-corrected chi connectivity index (χ1v) is 7.93. The molecule has 0 bridgehead atoms. The van der Waals surface area contributed by atoms with Crippen molar-refractivity contribution in [2.24, 2.45) is 11.8 Å². The lowest BCUT2D eigenvalue weighted by molar-refractivity contribution is -0.192. The van der Waals surface area contributed by atoms with E-state index in [1.54, 1.807) is 0 Å². The molecule has 0 radical (unpaired) electrons. The highest BCUT2D eigenvalue weighted by Crippen LogP contribution is 2.43. The minimum absolute atomic E-state index is 0.00783. The lowest BCUT2D eigenvalue weighted by atomic mass is 9.84. The van der Waals surface area contributed by atoms with Crippen LogP contribution in [0, 0.1) is 11.8 Å². The van der Waals surface area contributed by atoms with E-state index in [9.17, 15) is 9.59 Å². The number of ether oxygens (including phenoxy) is 4. The molecule has 1 saturated carbocycles. The summed E-state index contributed by atoms with van der Waals surface area (Å²) < 4.78 is 21.7. The smallest absolute Gasteiger partial charge is 0.320 e. The van der Waals surface area contributed by atoms with E-state index >= 15 is 0 Å². The molecule has 1 aliphatic carbocycles. The Morgan fingerprint density at radius 1 is 1.05 bits per heavy atom. The molecule has 0 unspecified atom stereocenters. The van der Waals surface area contributed by atoms with Gasteiger partial charge in [-0.25, -0.2) is 0 Å². The lowest BCUT2D eigenvalue weighted by Gasteiger charge is -2.31. The van der Waals surface area contributed by atoms with Crippen molar-refractivity contribution >= 4 is 11.9 Å². The van der Waals surface area contributed by atoms with Gasteiger partial charge in [-0.2, -0.15) is 0 Å². The summed E-state index contributed by atoms with van der Waals surface area (Å²) in [6.45, 7) is 3.97. The first kappa shape index (κ1) is 17.2. The summed E-state index contributed by atoms with van der Waals surface area (Å²) in [6, 6.07) is 0. The van der Waals surface area contributed by atoms with Gasteiger partial charge in [0.15, 0.2) is 11.7 Å². The van der Waals surface area contributed by atoms with E-state index in [1.165, 1.54) is 14.2 Å². The third-order valence-corrected chi connectivity index (χ3v) is 4.80. The minimum atomic E-state index is -0.914. The second-order valence-corrected chi connectivity index (χ2v) is 6.29. The molecular formula is C16H26O6. The maximum absolute atomic E-state index is 12.1. The van der Waals surface area contributed by atoms with E-state index in [4.69, 9.17) is 18.9 Å². The number of esters is 2. The van der Waals surface area contributed by atoms with Crippen molar-refractivity contribution in [3.63, 3.8) is 0 Å². The average Bonchev–Trinajstić information content (AvgIpc) is 2.65. The van der Waals surface area contributed by atoms with Crippen LogP contribution in [-0.2, 0) is 28.5 Å². The van der Waals surface area contributed by atoms with Gasteiger partial charge in [-0.3, -0.25) is 9.59 Å². The summed E-state index contributed by atoms with van der Waals surface area (Å²) in [5, 5.41) is 0. The minimum Gasteiger partial charge on any atom is -0.468 e. The SMILES string of the molecule is COC(=O)C(C(=O)OC)[C@@H]1CCCCC2(C1)O[C@H](C)[C@@H](C)O2. The Balaban J connectivity index is 2.21. The summed E-state index contributed by atoms with van der Waals surface area (Å²) >= 11 is 0. The Morgan fingerprint density at radius 3 is 2.09 bits per heavy atom. The molecule has 3 atom stereocenters. The normalized spacial score (nSPS) is 31.0. The van der Waals surface area contributed by atoms with Crippen LogP contribution in [0.2, 0.25) is 0 Å². The van der Waals surface area contributed by atoms with Crippen LogP contribution in [0.25, 0.3) is 0 Å². The first-order chi connectivity index (χ1) is 10.4. The number of carbonyl (C=O) groups excluding carboxylic acids is 2. The molecule has 22 heavy (non-hydrogen) atoms. The number of hydrogen-bond donors (Lipinski definition) is 0. The Hall–Kier alpha value is -1.14. The fourth-order valence-electron chi connectivity index (χ4n) is 3.54. The van der Waals surface area contributed by atoms with Crippen molar-refractivity contribution in [1.29, 1.82) is 0 Å². The maximum Gasteiger partial charge on any atom is 0.320 e. The van der Waals surface area contributed by atoms with Crippen LogP contribution in [0.3, 0.4) is 0 Å². The van der Waals surface area contributed by atoms with Gasteiger partial charge < -0.3 is 18.9 Å². The Bertz CT molecular complexity index is 395. The van der Waals surface area contributed by atoms with Crippen molar-refractivity contribution in [1.82, 2.24) is 0 Å². The predicted octanol–water partition coefficient (Wildman–Crippen LogP) is 2.05. The van der Waals surface area contributed by atoms with Gasteiger partial charge in [-0.15, -0.1) is 0 Å². The van der Waals surface area contributed by atoms with Crippen molar-refractivity contribution < 1.29 is 28.5 Å². The highest BCUT2D eigenvalue weighted by Gasteiger charge is 2.49. The van der Waals surface area contributed by atoms with E-state index in [0.717, 1.165) is 25.7 Å². The number of carbonyl (C=O) groups is 2. The van der Waals surface area contributed by atoms with E-state index < -0.39 is 23.6 Å².